The number of likely N-dealkylation sites (tertiary alicyclic amines) is 1. The van der Waals surface area contributed by atoms with E-state index in [1.54, 1.807) is 14.1 Å². The Kier molecular flexibility index (Phi) is 4.33. The third kappa shape index (κ3) is 2.90. The molecule has 1 aromatic carbocycles. The Morgan fingerprint density at radius 2 is 2.21 bits per heavy atom. The summed E-state index contributed by atoms with van der Waals surface area (Å²) < 4.78 is 34.8. The lowest BCUT2D eigenvalue weighted by atomic mass is 9.74. The summed E-state index contributed by atoms with van der Waals surface area (Å²) in [6.07, 6.45) is 4.30. The van der Waals surface area contributed by atoms with E-state index in [4.69, 9.17) is 4.74 Å². The molecule has 3 aliphatic heterocycles. The molecule has 0 aliphatic carbocycles. The van der Waals surface area contributed by atoms with E-state index >= 15 is 0 Å². The summed E-state index contributed by atoms with van der Waals surface area (Å²) in [5.41, 5.74) is 2.41. The molecule has 2 aromatic rings. The van der Waals surface area contributed by atoms with Crippen LogP contribution in [0.1, 0.15) is 18.4 Å². The summed E-state index contributed by atoms with van der Waals surface area (Å²) in [6, 6.07) is 8.54. The van der Waals surface area contributed by atoms with Gasteiger partial charge in [-0.25, -0.2) is 4.72 Å². The van der Waals surface area contributed by atoms with Crippen LogP contribution in [-0.2, 0) is 21.5 Å². The minimum absolute atomic E-state index is 0.0923. The Morgan fingerprint density at radius 3 is 3.04 bits per heavy atom. The summed E-state index contributed by atoms with van der Waals surface area (Å²) in [4.78, 5) is 5.77. The second kappa shape index (κ2) is 6.53. The normalized spacial score (nSPS) is 32.6. The smallest absolute Gasteiger partial charge is 0.278 e. The van der Waals surface area contributed by atoms with Gasteiger partial charge >= 0.3 is 0 Å². The van der Waals surface area contributed by atoms with Crippen LogP contribution in [0, 0.1) is 11.8 Å². The average Bonchev–Trinajstić information content (AvgIpc) is 3.39. The fourth-order valence-corrected chi connectivity index (χ4v) is 6.20. The Hall–Kier alpha value is -1.45. The Morgan fingerprint density at radius 1 is 1.36 bits per heavy atom. The standard InChI is InChI=1S/C20H28N4O3S/c1-23(2)28(25,26)22-10-16-17-12-24(13-20(17)8-6-19(16)27-20)11-14-4-3-5-18-15(14)7-9-21-18/h3-5,7,9,16-17,19,21-22H,6,8,10-13H2,1-2H3/t16-,17+,19+,20+/m0/s1. The number of hydrogen-bond acceptors (Lipinski definition) is 4. The highest BCUT2D eigenvalue weighted by Crippen LogP contribution is 2.54. The van der Waals surface area contributed by atoms with Crippen LogP contribution in [0.15, 0.2) is 30.5 Å². The second-order valence-corrected chi connectivity index (χ2v) is 10.7. The first kappa shape index (κ1) is 18.6. The van der Waals surface area contributed by atoms with E-state index in [-0.39, 0.29) is 17.6 Å². The number of rotatable bonds is 6. The first-order chi connectivity index (χ1) is 13.4. The number of fused-ring (bicyclic) bond motifs is 2. The van der Waals surface area contributed by atoms with Crippen molar-refractivity contribution < 1.29 is 13.2 Å². The molecule has 0 amide bonds. The zero-order chi connectivity index (χ0) is 19.5. The van der Waals surface area contributed by atoms with Crippen LogP contribution >= 0.6 is 0 Å². The monoisotopic (exact) mass is 404 g/mol. The highest BCUT2D eigenvalue weighted by Gasteiger charge is 2.62. The molecule has 152 valence electrons. The number of nitrogens with one attached hydrogen (secondary N) is 2. The molecular formula is C20H28N4O3S. The molecule has 2 N–H and O–H groups in total. The SMILES string of the molecule is CN(C)S(=O)(=O)NC[C@H]1[C@H]2CN(Cc3cccc4[nH]ccc34)C[C@]23CC[C@H]1O3. The molecular weight excluding hydrogens is 376 g/mol. The minimum atomic E-state index is -3.40. The molecule has 0 unspecified atom stereocenters. The van der Waals surface area contributed by atoms with Gasteiger partial charge < -0.3 is 9.72 Å². The molecule has 0 saturated carbocycles. The summed E-state index contributed by atoms with van der Waals surface area (Å²) in [5, 5.41) is 1.28. The van der Waals surface area contributed by atoms with Crippen molar-refractivity contribution >= 4 is 21.1 Å². The molecule has 1 aromatic heterocycles. The average molecular weight is 405 g/mol. The molecule has 5 rings (SSSR count). The molecule has 8 heteroatoms. The van der Waals surface area contributed by atoms with Crippen LogP contribution in [0.4, 0.5) is 0 Å². The van der Waals surface area contributed by atoms with Gasteiger partial charge in [-0.15, -0.1) is 0 Å². The lowest BCUT2D eigenvalue weighted by Gasteiger charge is -2.29. The van der Waals surface area contributed by atoms with Crippen molar-refractivity contribution in [3.05, 3.63) is 36.0 Å². The van der Waals surface area contributed by atoms with E-state index in [0.717, 1.165) is 32.5 Å². The molecule has 4 heterocycles. The largest absolute Gasteiger partial charge is 0.370 e. The molecule has 3 saturated heterocycles. The van der Waals surface area contributed by atoms with Crippen LogP contribution < -0.4 is 4.72 Å². The zero-order valence-corrected chi connectivity index (χ0v) is 17.2. The number of hydrogen-bond donors (Lipinski definition) is 2. The van der Waals surface area contributed by atoms with Crippen molar-refractivity contribution in [2.45, 2.75) is 31.1 Å². The number of aromatic nitrogens is 1. The van der Waals surface area contributed by atoms with E-state index in [1.165, 1.54) is 20.8 Å². The van der Waals surface area contributed by atoms with Crippen molar-refractivity contribution in [1.82, 2.24) is 18.9 Å². The predicted octanol–water partition coefficient (Wildman–Crippen LogP) is 1.54. The predicted molar refractivity (Wildman–Crippen MR) is 108 cm³/mol. The van der Waals surface area contributed by atoms with Crippen molar-refractivity contribution in [1.29, 1.82) is 0 Å². The Balaban J connectivity index is 1.32. The third-order valence-corrected chi connectivity index (χ3v) is 8.41. The third-order valence-electron chi connectivity index (χ3n) is 6.92. The van der Waals surface area contributed by atoms with Crippen molar-refractivity contribution in [3.8, 4) is 0 Å². The van der Waals surface area contributed by atoms with E-state index < -0.39 is 10.2 Å². The van der Waals surface area contributed by atoms with Crippen LogP contribution in [0.3, 0.4) is 0 Å². The van der Waals surface area contributed by atoms with E-state index in [2.05, 4.69) is 38.9 Å². The van der Waals surface area contributed by atoms with Crippen molar-refractivity contribution in [2.24, 2.45) is 11.8 Å². The van der Waals surface area contributed by atoms with Gasteiger partial charge in [0.25, 0.3) is 10.2 Å². The quantitative estimate of drug-likeness (QED) is 0.766. The molecule has 7 nitrogen and oxygen atoms in total. The van der Waals surface area contributed by atoms with Crippen LogP contribution in [0.25, 0.3) is 10.9 Å². The van der Waals surface area contributed by atoms with E-state index in [1.807, 2.05) is 6.20 Å². The van der Waals surface area contributed by atoms with E-state index in [9.17, 15) is 8.42 Å². The fourth-order valence-electron chi connectivity index (χ4n) is 5.54. The van der Waals surface area contributed by atoms with Gasteiger partial charge in [-0.2, -0.15) is 12.7 Å². The zero-order valence-electron chi connectivity index (χ0n) is 16.4. The summed E-state index contributed by atoms with van der Waals surface area (Å²) >= 11 is 0. The van der Waals surface area contributed by atoms with Gasteiger partial charge in [0.2, 0.25) is 0 Å². The maximum absolute atomic E-state index is 12.1. The van der Waals surface area contributed by atoms with Gasteiger partial charge in [-0.3, -0.25) is 4.90 Å². The van der Waals surface area contributed by atoms with Gasteiger partial charge in [0.05, 0.1) is 11.7 Å². The van der Waals surface area contributed by atoms with E-state index in [0.29, 0.717) is 12.5 Å². The topological polar surface area (TPSA) is 77.7 Å². The van der Waals surface area contributed by atoms with Gasteiger partial charge in [-0.05, 0) is 30.5 Å². The number of H-pyrrole nitrogens is 1. The lowest BCUT2D eigenvalue weighted by Crippen LogP contribution is -2.44. The maximum Gasteiger partial charge on any atom is 0.278 e. The molecule has 1 spiro atoms. The summed E-state index contributed by atoms with van der Waals surface area (Å²) in [5.74, 6) is 0.637. The second-order valence-electron chi connectivity index (χ2n) is 8.69. The first-order valence-corrected chi connectivity index (χ1v) is 11.4. The van der Waals surface area contributed by atoms with Gasteiger partial charge in [0.1, 0.15) is 0 Å². The van der Waals surface area contributed by atoms with Crippen molar-refractivity contribution in [2.75, 3.05) is 33.7 Å². The fraction of sp³-hybridized carbons (Fsp3) is 0.600. The van der Waals surface area contributed by atoms with Gasteiger partial charge in [0.15, 0.2) is 0 Å². The highest BCUT2D eigenvalue weighted by molar-refractivity contribution is 7.87. The van der Waals surface area contributed by atoms with Gasteiger partial charge in [-0.1, -0.05) is 12.1 Å². The highest BCUT2D eigenvalue weighted by atomic mass is 32.2. The Labute approximate surface area is 166 Å². The number of ether oxygens (including phenoxy) is 1. The number of benzene rings is 1. The van der Waals surface area contributed by atoms with Crippen LogP contribution in [-0.4, -0.2) is 68.0 Å². The van der Waals surface area contributed by atoms with Gasteiger partial charge in [0, 0.05) is 69.2 Å². The lowest BCUT2D eigenvalue weighted by molar-refractivity contribution is 0.00222. The molecule has 3 aliphatic rings. The molecule has 3 fully saturated rings. The summed E-state index contributed by atoms with van der Waals surface area (Å²) in [6.45, 7) is 3.26. The summed E-state index contributed by atoms with van der Waals surface area (Å²) in [7, 11) is -0.292. The van der Waals surface area contributed by atoms with Crippen LogP contribution in [0.5, 0.6) is 0 Å². The molecule has 28 heavy (non-hydrogen) atoms. The number of aromatic amines is 1. The minimum Gasteiger partial charge on any atom is -0.370 e. The molecule has 2 bridgehead atoms. The Bertz CT molecular complexity index is 988. The van der Waals surface area contributed by atoms with Crippen molar-refractivity contribution in [3.63, 3.8) is 0 Å². The maximum atomic E-state index is 12.1. The molecule has 4 atom stereocenters. The van der Waals surface area contributed by atoms with Crippen LogP contribution in [0.2, 0.25) is 0 Å². The molecule has 0 radical (unpaired) electrons. The first-order valence-electron chi connectivity index (χ1n) is 10.0. The number of nitrogens with zero attached hydrogens (tertiary/aromatic N) is 2.